The van der Waals surface area contributed by atoms with Gasteiger partial charge in [0.25, 0.3) is 0 Å². The zero-order valence-corrected chi connectivity index (χ0v) is 10.7. The SMILES string of the molecule is CCCOCC(C)(O)c1cc(C)ccc1C. The molecule has 0 amide bonds. The molecule has 0 saturated heterocycles. The number of hydrogen-bond donors (Lipinski definition) is 1. The Morgan fingerprint density at radius 2 is 2.00 bits per heavy atom. The van der Waals surface area contributed by atoms with E-state index in [2.05, 4.69) is 13.0 Å². The van der Waals surface area contributed by atoms with Crippen LogP contribution in [0.3, 0.4) is 0 Å². The first kappa shape index (κ1) is 13.2. The van der Waals surface area contributed by atoms with Gasteiger partial charge >= 0.3 is 0 Å². The van der Waals surface area contributed by atoms with Gasteiger partial charge in [0, 0.05) is 6.61 Å². The smallest absolute Gasteiger partial charge is 0.110 e. The highest BCUT2D eigenvalue weighted by Crippen LogP contribution is 2.25. The van der Waals surface area contributed by atoms with Crippen LogP contribution in [-0.2, 0) is 10.3 Å². The highest BCUT2D eigenvalue weighted by Gasteiger charge is 2.25. The van der Waals surface area contributed by atoms with E-state index in [0.29, 0.717) is 13.2 Å². The summed E-state index contributed by atoms with van der Waals surface area (Å²) in [4.78, 5) is 0. The molecule has 16 heavy (non-hydrogen) atoms. The normalized spacial score (nSPS) is 14.8. The largest absolute Gasteiger partial charge is 0.383 e. The lowest BCUT2D eigenvalue weighted by Crippen LogP contribution is -2.29. The van der Waals surface area contributed by atoms with E-state index >= 15 is 0 Å². The van der Waals surface area contributed by atoms with Gasteiger partial charge in [-0.1, -0.05) is 30.7 Å². The van der Waals surface area contributed by atoms with E-state index in [9.17, 15) is 5.11 Å². The number of hydrogen-bond acceptors (Lipinski definition) is 2. The van der Waals surface area contributed by atoms with Gasteiger partial charge in [-0.25, -0.2) is 0 Å². The molecule has 0 aliphatic carbocycles. The van der Waals surface area contributed by atoms with Gasteiger partial charge < -0.3 is 9.84 Å². The van der Waals surface area contributed by atoms with Crippen LogP contribution in [0, 0.1) is 13.8 Å². The minimum absolute atomic E-state index is 0.352. The second-order valence-electron chi connectivity index (χ2n) is 4.64. The molecule has 0 fully saturated rings. The average Bonchev–Trinajstić information content (AvgIpc) is 2.22. The molecule has 0 aromatic heterocycles. The van der Waals surface area contributed by atoms with E-state index < -0.39 is 5.60 Å². The molecular weight excluding hydrogens is 200 g/mol. The van der Waals surface area contributed by atoms with E-state index in [1.165, 1.54) is 0 Å². The van der Waals surface area contributed by atoms with Gasteiger partial charge in [-0.2, -0.15) is 0 Å². The molecule has 0 bridgehead atoms. The molecule has 90 valence electrons. The summed E-state index contributed by atoms with van der Waals surface area (Å²) in [6.45, 7) is 8.97. The van der Waals surface area contributed by atoms with Crippen molar-refractivity contribution in [1.29, 1.82) is 0 Å². The van der Waals surface area contributed by atoms with Gasteiger partial charge in [0.05, 0.1) is 6.61 Å². The molecule has 2 heteroatoms. The average molecular weight is 222 g/mol. The lowest BCUT2D eigenvalue weighted by atomic mass is 9.91. The first-order valence-corrected chi connectivity index (χ1v) is 5.85. The molecule has 1 N–H and O–H groups in total. The summed E-state index contributed by atoms with van der Waals surface area (Å²) < 4.78 is 5.45. The van der Waals surface area contributed by atoms with Gasteiger partial charge in [0.1, 0.15) is 5.60 Å². The maximum Gasteiger partial charge on any atom is 0.110 e. The maximum absolute atomic E-state index is 10.4. The Hall–Kier alpha value is -0.860. The van der Waals surface area contributed by atoms with Gasteiger partial charge in [-0.15, -0.1) is 0 Å². The van der Waals surface area contributed by atoms with Crippen molar-refractivity contribution in [2.75, 3.05) is 13.2 Å². The molecule has 0 heterocycles. The summed E-state index contributed by atoms with van der Waals surface area (Å²) in [6, 6.07) is 6.13. The van der Waals surface area contributed by atoms with Crippen LogP contribution in [0.2, 0.25) is 0 Å². The summed E-state index contributed by atoms with van der Waals surface area (Å²) in [6.07, 6.45) is 0.975. The van der Waals surface area contributed by atoms with Crippen LogP contribution < -0.4 is 0 Å². The second-order valence-corrected chi connectivity index (χ2v) is 4.64. The minimum Gasteiger partial charge on any atom is -0.383 e. The number of aryl methyl sites for hydroxylation is 2. The Labute approximate surface area is 98.3 Å². The molecule has 1 unspecified atom stereocenters. The van der Waals surface area contributed by atoms with Crippen LogP contribution >= 0.6 is 0 Å². The zero-order chi connectivity index (χ0) is 12.2. The molecule has 2 nitrogen and oxygen atoms in total. The third-order valence-corrected chi connectivity index (χ3v) is 2.70. The lowest BCUT2D eigenvalue weighted by molar-refractivity contribution is -0.0379. The van der Waals surface area contributed by atoms with Gasteiger partial charge in [-0.3, -0.25) is 0 Å². The molecule has 0 spiro atoms. The quantitative estimate of drug-likeness (QED) is 0.776. The van der Waals surface area contributed by atoms with E-state index in [1.807, 2.05) is 32.9 Å². The predicted octanol–water partition coefficient (Wildman–Crippen LogP) is 2.94. The summed E-state index contributed by atoms with van der Waals surface area (Å²) in [5.74, 6) is 0. The summed E-state index contributed by atoms with van der Waals surface area (Å²) in [5, 5.41) is 10.4. The minimum atomic E-state index is -0.898. The van der Waals surface area contributed by atoms with Crippen molar-refractivity contribution in [3.63, 3.8) is 0 Å². The molecular formula is C14H22O2. The molecule has 0 saturated carbocycles. The number of aliphatic hydroxyl groups is 1. The lowest BCUT2D eigenvalue weighted by Gasteiger charge is -2.26. The zero-order valence-electron chi connectivity index (χ0n) is 10.7. The molecule has 1 aromatic carbocycles. The van der Waals surface area contributed by atoms with Crippen molar-refractivity contribution in [1.82, 2.24) is 0 Å². The Balaban J connectivity index is 2.83. The van der Waals surface area contributed by atoms with Crippen LogP contribution in [0.15, 0.2) is 18.2 Å². The fourth-order valence-electron chi connectivity index (χ4n) is 1.81. The molecule has 1 aromatic rings. The van der Waals surface area contributed by atoms with Crippen LogP contribution in [-0.4, -0.2) is 18.3 Å². The van der Waals surface area contributed by atoms with Crippen LogP contribution in [0.25, 0.3) is 0 Å². The Morgan fingerprint density at radius 1 is 1.31 bits per heavy atom. The summed E-state index contributed by atoms with van der Waals surface area (Å²) in [5.41, 5.74) is 2.33. The van der Waals surface area contributed by atoms with Gasteiger partial charge in [-0.05, 0) is 38.3 Å². The van der Waals surface area contributed by atoms with Crippen molar-refractivity contribution in [3.05, 3.63) is 34.9 Å². The van der Waals surface area contributed by atoms with E-state index in [4.69, 9.17) is 4.74 Å². The summed E-state index contributed by atoms with van der Waals surface area (Å²) in [7, 11) is 0. The van der Waals surface area contributed by atoms with Crippen LogP contribution in [0.5, 0.6) is 0 Å². The molecule has 0 aliphatic rings. The molecule has 0 radical (unpaired) electrons. The topological polar surface area (TPSA) is 29.5 Å². The first-order valence-electron chi connectivity index (χ1n) is 5.85. The monoisotopic (exact) mass is 222 g/mol. The predicted molar refractivity (Wildman–Crippen MR) is 66.6 cm³/mol. The molecule has 1 atom stereocenters. The molecule has 0 aliphatic heterocycles. The Kier molecular flexibility index (Phi) is 4.51. The first-order chi connectivity index (χ1) is 7.47. The van der Waals surface area contributed by atoms with Gasteiger partial charge in [0.2, 0.25) is 0 Å². The standard InChI is InChI=1S/C14H22O2/c1-5-8-16-10-14(4,15)13-9-11(2)6-7-12(13)3/h6-7,9,15H,5,8,10H2,1-4H3. The Morgan fingerprint density at radius 3 is 2.62 bits per heavy atom. The van der Waals surface area contributed by atoms with Crippen LogP contribution in [0.1, 0.15) is 37.0 Å². The van der Waals surface area contributed by atoms with E-state index in [-0.39, 0.29) is 0 Å². The molecule has 1 rings (SSSR count). The van der Waals surface area contributed by atoms with E-state index in [1.54, 1.807) is 0 Å². The van der Waals surface area contributed by atoms with E-state index in [0.717, 1.165) is 23.1 Å². The van der Waals surface area contributed by atoms with Crippen molar-refractivity contribution < 1.29 is 9.84 Å². The Bertz CT molecular complexity index is 343. The van der Waals surface area contributed by atoms with Crippen molar-refractivity contribution in [3.8, 4) is 0 Å². The maximum atomic E-state index is 10.4. The van der Waals surface area contributed by atoms with Gasteiger partial charge in [0.15, 0.2) is 0 Å². The summed E-state index contributed by atoms with van der Waals surface area (Å²) >= 11 is 0. The van der Waals surface area contributed by atoms with Crippen LogP contribution in [0.4, 0.5) is 0 Å². The number of rotatable bonds is 5. The van der Waals surface area contributed by atoms with Crippen molar-refractivity contribution >= 4 is 0 Å². The second kappa shape index (κ2) is 5.46. The third-order valence-electron chi connectivity index (χ3n) is 2.70. The highest BCUT2D eigenvalue weighted by molar-refractivity contribution is 5.34. The van der Waals surface area contributed by atoms with Crippen molar-refractivity contribution in [2.45, 2.75) is 39.7 Å². The highest BCUT2D eigenvalue weighted by atomic mass is 16.5. The fourth-order valence-corrected chi connectivity index (χ4v) is 1.81. The third kappa shape index (κ3) is 3.32. The fraction of sp³-hybridized carbons (Fsp3) is 0.571. The van der Waals surface area contributed by atoms with Crippen molar-refractivity contribution in [2.24, 2.45) is 0 Å². The number of benzene rings is 1. The number of ether oxygens (including phenoxy) is 1.